The Bertz CT molecular complexity index is 461. The molecule has 0 radical (unpaired) electrons. The number of rotatable bonds is 7. The Morgan fingerprint density at radius 1 is 1.25 bits per heavy atom. The average Bonchev–Trinajstić information content (AvgIpc) is 2.44. The van der Waals surface area contributed by atoms with Gasteiger partial charge in [-0.2, -0.15) is 0 Å². The first kappa shape index (κ1) is 16.5. The molecule has 4 nitrogen and oxygen atoms in total. The van der Waals surface area contributed by atoms with Gasteiger partial charge in [-0.1, -0.05) is 17.9 Å². The molecule has 0 aliphatic heterocycles. The van der Waals surface area contributed by atoms with E-state index in [0.717, 1.165) is 16.9 Å². The monoisotopic (exact) mass is 277 g/mol. The van der Waals surface area contributed by atoms with Crippen molar-refractivity contribution in [2.45, 2.75) is 26.6 Å². The van der Waals surface area contributed by atoms with E-state index in [0.29, 0.717) is 26.4 Å². The normalized spacial score (nSPS) is 10.2. The van der Waals surface area contributed by atoms with Crippen LogP contribution in [0, 0.1) is 11.8 Å². The van der Waals surface area contributed by atoms with E-state index in [-0.39, 0.29) is 6.10 Å². The van der Waals surface area contributed by atoms with Crippen LogP contribution in [0.4, 0.5) is 0 Å². The van der Waals surface area contributed by atoms with Crippen molar-refractivity contribution in [1.29, 1.82) is 0 Å². The molecule has 0 bridgehead atoms. The number of nitrogens with two attached hydrogens (primary N) is 1. The highest BCUT2D eigenvalue weighted by Gasteiger charge is 2.02. The van der Waals surface area contributed by atoms with Crippen LogP contribution in [-0.4, -0.2) is 33.0 Å². The molecule has 0 fully saturated rings. The van der Waals surface area contributed by atoms with Gasteiger partial charge in [0, 0.05) is 0 Å². The lowest BCUT2D eigenvalue weighted by atomic mass is 10.1. The summed E-state index contributed by atoms with van der Waals surface area (Å²) in [5.41, 5.74) is 7.27. The van der Waals surface area contributed by atoms with Crippen molar-refractivity contribution in [3.05, 3.63) is 29.3 Å². The first-order chi connectivity index (χ1) is 9.67. The third-order valence-corrected chi connectivity index (χ3v) is 2.54. The highest BCUT2D eigenvalue weighted by molar-refractivity contribution is 5.48. The number of methoxy groups -OCH3 is 1. The van der Waals surface area contributed by atoms with Gasteiger partial charge in [0.25, 0.3) is 0 Å². The molecule has 0 aromatic heterocycles. The lowest BCUT2D eigenvalue weighted by molar-refractivity contribution is 0.0143. The molecule has 1 aromatic carbocycles. The van der Waals surface area contributed by atoms with E-state index in [9.17, 15) is 0 Å². The predicted molar refractivity (Wildman–Crippen MR) is 79.7 cm³/mol. The highest BCUT2D eigenvalue weighted by Crippen LogP contribution is 2.19. The minimum absolute atomic E-state index is 0.234. The van der Waals surface area contributed by atoms with E-state index >= 15 is 0 Å². The lowest BCUT2D eigenvalue weighted by Crippen LogP contribution is -2.09. The second-order valence-corrected chi connectivity index (χ2v) is 4.51. The number of ether oxygens (including phenoxy) is 3. The third-order valence-electron chi connectivity index (χ3n) is 2.54. The van der Waals surface area contributed by atoms with Crippen LogP contribution in [-0.2, 0) is 16.1 Å². The molecule has 0 aliphatic carbocycles. The van der Waals surface area contributed by atoms with Crippen LogP contribution >= 0.6 is 0 Å². The summed E-state index contributed by atoms with van der Waals surface area (Å²) in [5.74, 6) is 6.58. The van der Waals surface area contributed by atoms with E-state index in [1.54, 1.807) is 7.11 Å². The van der Waals surface area contributed by atoms with E-state index in [2.05, 4.69) is 11.8 Å². The maximum atomic E-state index is 5.56. The van der Waals surface area contributed by atoms with E-state index in [4.69, 9.17) is 19.9 Å². The molecular formula is C16H23NO3. The molecule has 0 saturated carbocycles. The van der Waals surface area contributed by atoms with Crippen LogP contribution < -0.4 is 10.5 Å². The molecule has 0 saturated heterocycles. The number of hydrogen-bond donors (Lipinski definition) is 1. The quantitative estimate of drug-likeness (QED) is 0.611. The van der Waals surface area contributed by atoms with Crippen molar-refractivity contribution in [3.8, 4) is 17.6 Å². The lowest BCUT2D eigenvalue weighted by Gasteiger charge is -2.09. The van der Waals surface area contributed by atoms with Crippen LogP contribution in [0.1, 0.15) is 25.0 Å². The molecule has 4 heteroatoms. The van der Waals surface area contributed by atoms with Gasteiger partial charge in [0.1, 0.15) is 5.75 Å². The van der Waals surface area contributed by atoms with Crippen molar-refractivity contribution < 1.29 is 14.2 Å². The Balaban J connectivity index is 2.54. The fraction of sp³-hybridized carbons (Fsp3) is 0.500. The Morgan fingerprint density at radius 3 is 2.70 bits per heavy atom. The zero-order valence-electron chi connectivity index (χ0n) is 12.4. The predicted octanol–water partition coefficient (Wildman–Crippen LogP) is 1.95. The van der Waals surface area contributed by atoms with Gasteiger partial charge < -0.3 is 19.9 Å². The fourth-order valence-electron chi connectivity index (χ4n) is 1.62. The van der Waals surface area contributed by atoms with E-state index < -0.39 is 0 Å². The molecular weight excluding hydrogens is 254 g/mol. The number of benzene rings is 1. The maximum absolute atomic E-state index is 5.56. The first-order valence-electron chi connectivity index (χ1n) is 6.72. The maximum Gasteiger partial charge on any atom is 0.134 e. The molecule has 0 amide bonds. The summed E-state index contributed by atoms with van der Waals surface area (Å²) >= 11 is 0. The van der Waals surface area contributed by atoms with Gasteiger partial charge in [-0.3, -0.25) is 0 Å². The molecule has 0 atom stereocenters. The van der Waals surface area contributed by atoms with Crippen LogP contribution in [0.2, 0.25) is 0 Å². The molecule has 0 unspecified atom stereocenters. The number of hydrogen-bond acceptors (Lipinski definition) is 4. The molecule has 0 aliphatic rings. The van der Waals surface area contributed by atoms with Gasteiger partial charge in [-0.05, 0) is 31.5 Å². The van der Waals surface area contributed by atoms with Gasteiger partial charge in [0.2, 0.25) is 0 Å². The van der Waals surface area contributed by atoms with Crippen molar-refractivity contribution >= 4 is 0 Å². The summed E-state index contributed by atoms with van der Waals surface area (Å²) in [6.07, 6.45) is 0.234. The summed E-state index contributed by atoms with van der Waals surface area (Å²) < 4.78 is 16.2. The summed E-state index contributed by atoms with van der Waals surface area (Å²) in [6, 6.07) is 5.82. The largest absolute Gasteiger partial charge is 0.495 e. The molecule has 1 rings (SSSR count). The molecule has 0 heterocycles. The highest BCUT2D eigenvalue weighted by atomic mass is 16.5. The molecule has 0 spiro atoms. The van der Waals surface area contributed by atoms with Crippen molar-refractivity contribution in [2.24, 2.45) is 5.73 Å². The van der Waals surface area contributed by atoms with Crippen molar-refractivity contribution in [2.75, 3.05) is 26.9 Å². The van der Waals surface area contributed by atoms with E-state index in [1.165, 1.54) is 0 Å². The molecule has 20 heavy (non-hydrogen) atoms. The zero-order valence-corrected chi connectivity index (χ0v) is 12.4. The van der Waals surface area contributed by atoms with Gasteiger partial charge in [0.15, 0.2) is 0 Å². The van der Waals surface area contributed by atoms with E-state index in [1.807, 2.05) is 32.0 Å². The second kappa shape index (κ2) is 9.38. The van der Waals surface area contributed by atoms with Crippen LogP contribution in [0.5, 0.6) is 5.75 Å². The van der Waals surface area contributed by atoms with Gasteiger partial charge in [-0.25, -0.2) is 0 Å². The van der Waals surface area contributed by atoms with Crippen LogP contribution in [0.15, 0.2) is 18.2 Å². The van der Waals surface area contributed by atoms with Crippen molar-refractivity contribution in [3.63, 3.8) is 0 Å². The fourth-order valence-corrected chi connectivity index (χ4v) is 1.62. The van der Waals surface area contributed by atoms with Gasteiger partial charge in [-0.15, -0.1) is 0 Å². The Kier molecular flexibility index (Phi) is 7.74. The summed E-state index contributed by atoms with van der Waals surface area (Å²) in [4.78, 5) is 0. The SMILES string of the molecule is COc1ccc(COCCOC(C)C)cc1C#CCN. The zero-order chi connectivity index (χ0) is 14.8. The summed E-state index contributed by atoms with van der Waals surface area (Å²) in [5, 5.41) is 0. The van der Waals surface area contributed by atoms with Crippen molar-refractivity contribution in [1.82, 2.24) is 0 Å². The van der Waals surface area contributed by atoms with Crippen LogP contribution in [0.3, 0.4) is 0 Å². The molecule has 110 valence electrons. The molecule has 1 aromatic rings. The second-order valence-electron chi connectivity index (χ2n) is 4.51. The van der Waals surface area contributed by atoms with Gasteiger partial charge >= 0.3 is 0 Å². The standard InChI is InChI=1S/C16H23NO3/c1-13(2)20-10-9-19-12-14-6-7-16(18-3)15(11-14)5-4-8-17/h6-7,11,13H,8-10,12,17H2,1-3H3. The van der Waals surface area contributed by atoms with Crippen LogP contribution in [0.25, 0.3) is 0 Å². The topological polar surface area (TPSA) is 53.7 Å². The summed E-state index contributed by atoms with van der Waals surface area (Å²) in [6.45, 7) is 6.05. The minimum atomic E-state index is 0.234. The van der Waals surface area contributed by atoms with Gasteiger partial charge in [0.05, 0.1) is 45.1 Å². The smallest absolute Gasteiger partial charge is 0.134 e. The third kappa shape index (κ3) is 6.07. The Labute approximate surface area is 121 Å². The summed E-state index contributed by atoms with van der Waals surface area (Å²) in [7, 11) is 1.63. The average molecular weight is 277 g/mol. The molecule has 2 N–H and O–H groups in total. The Hall–Kier alpha value is -1.54. The first-order valence-corrected chi connectivity index (χ1v) is 6.72. The minimum Gasteiger partial charge on any atom is -0.495 e. The Morgan fingerprint density at radius 2 is 2.05 bits per heavy atom.